The number of nitrogens with two attached hydrogens (primary N) is 3. The molecule has 0 aliphatic heterocycles. The summed E-state index contributed by atoms with van der Waals surface area (Å²) in [5, 5.41) is 23.4. The third-order valence-electron chi connectivity index (χ3n) is 8.64. The Morgan fingerprint density at radius 3 is 1.65 bits per heavy atom. The number of anilines is 3. The molecule has 0 fully saturated rings. The van der Waals surface area contributed by atoms with Crippen LogP contribution in [0.25, 0.3) is 57.3 Å². The van der Waals surface area contributed by atoms with E-state index in [0.717, 1.165) is 0 Å². The fourth-order valence-electron chi connectivity index (χ4n) is 5.55. The fraction of sp³-hybridized carbons (Fsp3) is 0.125. The molecule has 0 amide bonds. The summed E-state index contributed by atoms with van der Waals surface area (Å²) in [6.45, 7) is 2.09. The number of carbonyl (C=O) groups is 1. The van der Waals surface area contributed by atoms with Crippen LogP contribution in [-0.4, -0.2) is 101 Å². The smallest absolute Gasteiger partial charge is 0.358 e. The highest BCUT2D eigenvalue weighted by Gasteiger charge is 2.25. The Hall–Kier alpha value is -7.22. The molecule has 65 heavy (non-hydrogen) atoms. The molecule has 334 valence electrons. The Morgan fingerprint density at radius 1 is 0.692 bits per heavy atom. The first-order valence-electron chi connectivity index (χ1n) is 18.5. The van der Waals surface area contributed by atoms with Crippen LogP contribution in [0.15, 0.2) is 114 Å². The van der Waals surface area contributed by atoms with Crippen molar-refractivity contribution < 1.29 is 35.9 Å². The Labute approximate surface area is 384 Å². The van der Waals surface area contributed by atoms with Crippen molar-refractivity contribution in [1.82, 2.24) is 55.2 Å². The van der Waals surface area contributed by atoms with Crippen molar-refractivity contribution in [1.29, 1.82) is 0 Å². The van der Waals surface area contributed by atoms with Crippen LogP contribution in [0.1, 0.15) is 17.4 Å². The van der Waals surface area contributed by atoms with Gasteiger partial charge in [-0.25, -0.2) is 51.9 Å². The third-order valence-corrected chi connectivity index (χ3v) is 11.5. The number of halogens is 4. The van der Waals surface area contributed by atoms with Crippen LogP contribution < -0.4 is 17.2 Å². The zero-order valence-corrected chi connectivity index (χ0v) is 38.0. The summed E-state index contributed by atoms with van der Waals surface area (Å²) in [6.07, 6.45) is 4.25. The van der Waals surface area contributed by atoms with Crippen molar-refractivity contribution in [2.45, 2.75) is 17.1 Å². The molecule has 0 radical (unpaired) electrons. The Balaban J connectivity index is 0.000000189. The van der Waals surface area contributed by atoms with Gasteiger partial charge in [0.05, 0.1) is 45.6 Å². The van der Waals surface area contributed by atoms with E-state index < -0.39 is 32.7 Å². The number of benzene rings is 3. The van der Waals surface area contributed by atoms with E-state index in [1.54, 1.807) is 49.4 Å². The number of hydrogen-bond donors (Lipinski definition) is 4. The number of carboxylic acids is 1. The fourth-order valence-corrected chi connectivity index (χ4v) is 7.58. The molecule has 0 saturated heterocycles. The number of rotatable bonds is 10. The Kier molecular flexibility index (Phi) is 14.9. The minimum Gasteiger partial charge on any atom is -0.476 e. The topological polar surface area (TPSA) is 308 Å². The number of aromatic carboxylic acids is 1. The van der Waals surface area contributed by atoms with Crippen molar-refractivity contribution in [2.24, 2.45) is 0 Å². The van der Waals surface area contributed by atoms with Gasteiger partial charge in [-0.2, -0.15) is 0 Å². The molecule has 7 N–H and O–H groups in total. The molecule has 8 rings (SSSR count). The lowest BCUT2D eigenvalue weighted by molar-refractivity contribution is 0.0691. The number of nitrogen functional groups attached to an aromatic ring is 3. The van der Waals surface area contributed by atoms with Gasteiger partial charge in [-0.1, -0.05) is 36.4 Å². The predicted molar refractivity (Wildman–Crippen MR) is 240 cm³/mol. The van der Waals surface area contributed by atoms with E-state index in [-0.39, 0.29) is 74.1 Å². The van der Waals surface area contributed by atoms with Crippen LogP contribution in [0.5, 0.6) is 0 Å². The highest BCUT2D eigenvalue weighted by Crippen LogP contribution is 2.30. The molecular formula is C40H34Br2F2N14O6S. The van der Waals surface area contributed by atoms with Gasteiger partial charge in [0.1, 0.15) is 20.8 Å². The number of nitrogens with zero attached hydrogens (tertiary/aromatic N) is 11. The van der Waals surface area contributed by atoms with Crippen LogP contribution in [0.2, 0.25) is 0 Å². The third kappa shape index (κ3) is 11.5. The average Bonchev–Trinajstić information content (AvgIpc) is 3.97. The van der Waals surface area contributed by atoms with E-state index >= 15 is 0 Å². The maximum absolute atomic E-state index is 14.1. The normalized spacial score (nSPS) is 11.6. The SMILES string of the molecule is CC(CN(C)C)S(=O)(=O)c1ccc(-c2cnc(N)c(-c3nnc(-c4ccccc4F)o3)n2)cc1.Nc1ncc(Br)nc1-c1nnc(-c2ccccc2F)o1.Nc1ncc(Br)nc1C(=O)O. The lowest BCUT2D eigenvalue weighted by atomic mass is 10.1. The number of hydrogen-bond acceptors (Lipinski definition) is 19. The largest absolute Gasteiger partial charge is 0.476 e. The first-order chi connectivity index (χ1) is 30.9. The molecule has 5 aromatic heterocycles. The van der Waals surface area contributed by atoms with Crippen LogP contribution in [-0.2, 0) is 9.84 Å². The molecule has 3 aromatic carbocycles. The molecule has 25 heteroatoms. The summed E-state index contributed by atoms with van der Waals surface area (Å²) in [5.74, 6) is -1.90. The van der Waals surface area contributed by atoms with Crippen molar-refractivity contribution in [2.75, 3.05) is 37.8 Å². The highest BCUT2D eigenvalue weighted by molar-refractivity contribution is 9.10. The molecule has 0 bridgehead atoms. The van der Waals surface area contributed by atoms with Gasteiger partial charge < -0.3 is 36.0 Å². The lowest BCUT2D eigenvalue weighted by Crippen LogP contribution is -2.30. The second-order valence-corrected chi connectivity index (χ2v) is 17.6. The van der Waals surface area contributed by atoms with Crippen molar-refractivity contribution in [3.8, 4) is 57.3 Å². The standard InChI is InChI=1S/C23H23FN6O3S.C12H7BrFN5O.C5H4BrN3O2/c1-14(13-30(2)3)34(31,32)16-10-8-15(9-11-16)19-12-26-21(25)20(27-19)23-29-28-22(33-23)17-6-4-5-7-18(17)24;13-8-5-16-10(15)9(17-8)12-19-18-11(20-12)6-3-1-2-4-7(6)14;6-2-1-8-4(7)3(9-2)5(10)11/h4-12,14H,13H2,1-3H3,(H2,25,26);1-5H,(H2,15,16);1H,(H2,7,8)(H,10,11). The van der Waals surface area contributed by atoms with Crippen LogP contribution in [0, 0.1) is 11.6 Å². The lowest BCUT2D eigenvalue weighted by Gasteiger charge is -2.17. The van der Waals surface area contributed by atoms with Gasteiger partial charge in [0, 0.05) is 12.1 Å². The molecule has 20 nitrogen and oxygen atoms in total. The summed E-state index contributed by atoms with van der Waals surface area (Å²) in [7, 11) is 0.177. The maximum atomic E-state index is 14.1. The summed E-state index contributed by atoms with van der Waals surface area (Å²) in [4.78, 5) is 36.3. The van der Waals surface area contributed by atoms with Crippen molar-refractivity contribution in [3.63, 3.8) is 0 Å². The molecule has 1 unspecified atom stereocenters. The van der Waals surface area contributed by atoms with E-state index in [1.807, 2.05) is 19.0 Å². The van der Waals surface area contributed by atoms with E-state index in [2.05, 4.69) is 82.2 Å². The summed E-state index contributed by atoms with van der Waals surface area (Å²) >= 11 is 6.15. The summed E-state index contributed by atoms with van der Waals surface area (Å²) in [5.41, 5.74) is 18.5. The van der Waals surface area contributed by atoms with Crippen molar-refractivity contribution in [3.05, 3.63) is 118 Å². The van der Waals surface area contributed by atoms with Gasteiger partial charge >= 0.3 is 5.97 Å². The monoisotopic (exact) mass is 1030 g/mol. The molecule has 0 saturated carbocycles. The van der Waals surface area contributed by atoms with Crippen LogP contribution in [0.3, 0.4) is 0 Å². The van der Waals surface area contributed by atoms with Crippen molar-refractivity contribution >= 4 is 65.1 Å². The summed E-state index contributed by atoms with van der Waals surface area (Å²) in [6, 6.07) is 18.5. The van der Waals surface area contributed by atoms with Gasteiger partial charge in [0.15, 0.2) is 44.4 Å². The highest BCUT2D eigenvalue weighted by atomic mass is 79.9. The van der Waals surface area contributed by atoms with Gasteiger partial charge in [-0.05, 0) is 89.3 Å². The first-order valence-corrected chi connectivity index (χ1v) is 21.6. The zero-order valence-electron chi connectivity index (χ0n) is 34.0. The molecule has 1 atom stereocenters. The van der Waals surface area contributed by atoms with Gasteiger partial charge in [-0.15, -0.1) is 20.4 Å². The predicted octanol–water partition coefficient (Wildman–Crippen LogP) is 6.50. The Bertz CT molecular complexity index is 3090. The molecule has 0 spiro atoms. The molecule has 0 aliphatic rings. The quantitative estimate of drug-likeness (QED) is 0.114. The molecule has 0 aliphatic carbocycles. The second kappa shape index (κ2) is 20.5. The van der Waals surface area contributed by atoms with E-state index in [0.29, 0.717) is 27.0 Å². The summed E-state index contributed by atoms with van der Waals surface area (Å²) < 4.78 is 65.2. The van der Waals surface area contributed by atoms with Crippen LogP contribution >= 0.6 is 31.9 Å². The number of sulfone groups is 1. The molecule has 5 heterocycles. The van der Waals surface area contributed by atoms with E-state index in [9.17, 15) is 22.0 Å². The van der Waals surface area contributed by atoms with E-state index in [4.69, 9.17) is 31.1 Å². The maximum Gasteiger partial charge on any atom is 0.358 e. The first kappa shape index (κ1) is 47.3. The Morgan fingerprint density at radius 2 is 1.15 bits per heavy atom. The second-order valence-electron chi connectivity index (χ2n) is 13.6. The molecular weight excluding hydrogens is 1000 g/mol. The van der Waals surface area contributed by atoms with Gasteiger partial charge in [0.2, 0.25) is 0 Å². The average molecular weight is 1040 g/mol. The number of carboxylic acid groups (broad SMARTS) is 1. The number of aromatic nitrogens is 10. The minimum absolute atomic E-state index is 0.0122. The minimum atomic E-state index is -3.48. The van der Waals surface area contributed by atoms with Gasteiger partial charge in [0.25, 0.3) is 23.6 Å². The zero-order chi connectivity index (χ0) is 47.0. The van der Waals surface area contributed by atoms with Gasteiger partial charge in [-0.3, -0.25) is 0 Å². The molecule has 8 aromatic rings. The van der Waals surface area contributed by atoms with Crippen LogP contribution in [0.4, 0.5) is 26.2 Å². The van der Waals surface area contributed by atoms with E-state index in [1.165, 1.54) is 48.9 Å².